The zero-order valence-corrected chi connectivity index (χ0v) is 25.8. The summed E-state index contributed by atoms with van der Waals surface area (Å²) in [7, 11) is 0. The summed E-state index contributed by atoms with van der Waals surface area (Å²) >= 11 is 1.43. The van der Waals surface area contributed by atoms with Crippen LogP contribution in [0.2, 0.25) is 0 Å². The molecule has 0 aliphatic carbocycles. The van der Waals surface area contributed by atoms with Gasteiger partial charge in [-0.15, -0.1) is 11.8 Å². The Hall–Kier alpha value is -5.40. The highest BCUT2D eigenvalue weighted by Crippen LogP contribution is 2.37. The first-order valence-electron chi connectivity index (χ1n) is 14.5. The number of hydrogen-bond donors (Lipinski definition) is 3. The van der Waals surface area contributed by atoms with E-state index in [1.807, 2.05) is 105 Å². The molecule has 0 saturated heterocycles. The predicted molar refractivity (Wildman–Crippen MR) is 183 cm³/mol. The quantitative estimate of drug-likeness (QED) is 0.110. The van der Waals surface area contributed by atoms with Gasteiger partial charge in [0.05, 0.1) is 0 Å². The number of aryl methyl sites for hydroxylation is 2. The van der Waals surface area contributed by atoms with Crippen LogP contribution < -0.4 is 16.0 Å². The normalized spacial score (nSPS) is 11.7. The van der Waals surface area contributed by atoms with Crippen LogP contribution in [0, 0.1) is 13.8 Å². The van der Waals surface area contributed by atoms with Crippen molar-refractivity contribution in [2.24, 2.45) is 0 Å². The van der Waals surface area contributed by atoms with Gasteiger partial charge in [-0.2, -0.15) is 0 Å². The topological polar surface area (TPSA) is 87.3 Å². The molecule has 1 atom stereocenters. The van der Waals surface area contributed by atoms with Crippen LogP contribution in [0.25, 0.3) is 6.08 Å². The lowest BCUT2D eigenvalue weighted by Gasteiger charge is -2.18. The number of amides is 3. The Morgan fingerprint density at radius 3 is 1.84 bits per heavy atom. The van der Waals surface area contributed by atoms with Gasteiger partial charge >= 0.3 is 0 Å². The van der Waals surface area contributed by atoms with Crippen molar-refractivity contribution in [3.63, 3.8) is 0 Å². The molecule has 45 heavy (non-hydrogen) atoms. The Morgan fingerprint density at radius 2 is 1.22 bits per heavy atom. The highest BCUT2D eigenvalue weighted by atomic mass is 32.2. The molecule has 0 heterocycles. The fourth-order valence-corrected chi connectivity index (χ4v) is 5.79. The monoisotopic (exact) mass is 611 g/mol. The first-order chi connectivity index (χ1) is 21.8. The third-order valence-corrected chi connectivity index (χ3v) is 8.10. The van der Waals surface area contributed by atoms with E-state index in [9.17, 15) is 14.4 Å². The zero-order valence-electron chi connectivity index (χ0n) is 25.0. The van der Waals surface area contributed by atoms with Crippen molar-refractivity contribution in [2.45, 2.75) is 24.0 Å². The molecule has 7 heteroatoms. The molecule has 0 aliphatic heterocycles. The van der Waals surface area contributed by atoms with Gasteiger partial charge in [0.2, 0.25) is 5.91 Å². The number of anilines is 2. The number of benzene rings is 5. The average Bonchev–Trinajstić information content (AvgIpc) is 3.04. The second-order valence-corrected chi connectivity index (χ2v) is 11.7. The number of thioether (sulfide) groups is 1. The molecule has 224 valence electrons. The summed E-state index contributed by atoms with van der Waals surface area (Å²) in [5.41, 5.74) is 5.67. The van der Waals surface area contributed by atoms with E-state index >= 15 is 0 Å². The highest BCUT2D eigenvalue weighted by molar-refractivity contribution is 8.00. The summed E-state index contributed by atoms with van der Waals surface area (Å²) in [6, 6.07) is 41.0. The molecule has 0 aromatic heterocycles. The van der Waals surface area contributed by atoms with Crippen LogP contribution in [0.15, 0.2) is 144 Å². The van der Waals surface area contributed by atoms with Gasteiger partial charge in [-0.25, -0.2) is 0 Å². The van der Waals surface area contributed by atoms with Crippen molar-refractivity contribution in [2.75, 3.05) is 10.6 Å². The van der Waals surface area contributed by atoms with Gasteiger partial charge in [0, 0.05) is 21.8 Å². The molecule has 3 N–H and O–H groups in total. The number of rotatable bonds is 10. The summed E-state index contributed by atoms with van der Waals surface area (Å²) < 4.78 is 0. The predicted octanol–water partition coefficient (Wildman–Crippen LogP) is 8.19. The Balaban J connectivity index is 1.32. The third-order valence-electron chi connectivity index (χ3n) is 6.84. The molecule has 0 spiro atoms. The van der Waals surface area contributed by atoms with Gasteiger partial charge in [0.25, 0.3) is 11.8 Å². The molecule has 0 bridgehead atoms. The molecule has 1 unspecified atom stereocenters. The largest absolute Gasteiger partial charge is 0.325 e. The van der Waals surface area contributed by atoms with Gasteiger partial charge in [-0.05, 0) is 90.7 Å². The minimum Gasteiger partial charge on any atom is -0.325 e. The van der Waals surface area contributed by atoms with Crippen molar-refractivity contribution in [1.29, 1.82) is 0 Å². The standard InChI is InChI=1S/C38H33N3O3S/c1-26-22-27(2)24-32(23-26)40-38(44)35(29-14-8-4-9-15-29)45-33-20-18-31(19-21-33)39-37(43)34(25-28-12-6-3-7-13-28)41-36(42)30-16-10-5-11-17-30/h3-25,35H,1-2H3,(H,39,43)(H,40,44)(H,41,42)/b34-25-. The van der Waals surface area contributed by atoms with Crippen LogP contribution in [0.4, 0.5) is 11.4 Å². The zero-order chi connectivity index (χ0) is 31.6. The molecular formula is C38H33N3O3S. The van der Waals surface area contributed by atoms with Crippen molar-refractivity contribution in [1.82, 2.24) is 5.32 Å². The second kappa shape index (κ2) is 14.9. The second-order valence-electron chi connectivity index (χ2n) is 10.5. The molecule has 0 fully saturated rings. The van der Waals surface area contributed by atoms with Crippen molar-refractivity contribution >= 4 is 46.9 Å². The molecule has 0 saturated carbocycles. The molecule has 5 rings (SSSR count). The summed E-state index contributed by atoms with van der Waals surface area (Å²) in [6.07, 6.45) is 1.64. The van der Waals surface area contributed by atoms with E-state index in [-0.39, 0.29) is 17.5 Å². The van der Waals surface area contributed by atoms with Crippen LogP contribution >= 0.6 is 11.8 Å². The van der Waals surface area contributed by atoms with Crippen LogP contribution in [0.5, 0.6) is 0 Å². The maximum atomic E-state index is 13.5. The Morgan fingerprint density at radius 1 is 0.644 bits per heavy atom. The SMILES string of the molecule is Cc1cc(C)cc(NC(=O)C(Sc2ccc(NC(=O)/C(=C/c3ccccc3)NC(=O)c3ccccc3)cc2)c2ccccc2)c1. The van der Waals surface area contributed by atoms with E-state index in [0.29, 0.717) is 11.3 Å². The van der Waals surface area contributed by atoms with Crippen molar-refractivity contribution in [3.05, 3.63) is 167 Å². The van der Waals surface area contributed by atoms with Crippen molar-refractivity contribution in [3.8, 4) is 0 Å². The number of hydrogen-bond acceptors (Lipinski definition) is 4. The summed E-state index contributed by atoms with van der Waals surface area (Å²) in [5, 5.41) is 8.23. The van der Waals surface area contributed by atoms with E-state index in [1.165, 1.54) is 11.8 Å². The summed E-state index contributed by atoms with van der Waals surface area (Å²) in [4.78, 5) is 40.7. The van der Waals surface area contributed by atoms with Crippen LogP contribution in [0.1, 0.15) is 37.9 Å². The summed E-state index contributed by atoms with van der Waals surface area (Å²) in [5.74, 6) is -0.970. The maximum Gasteiger partial charge on any atom is 0.272 e. The molecule has 6 nitrogen and oxygen atoms in total. The van der Waals surface area contributed by atoms with Crippen LogP contribution in [-0.2, 0) is 9.59 Å². The average molecular weight is 612 g/mol. The molecule has 0 radical (unpaired) electrons. The van der Waals surface area contributed by atoms with E-state index in [4.69, 9.17) is 0 Å². The van der Waals surface area contributed by atoms with Gasteiger partial charge in [0.15, 0.2) is 0 Å². The van der Waals surface area contributed by atoms with Gasteiger partial charge < -0.3 is 16.0 Å². The highest BCUT2D eigenvalue weighted by Gasteiger charge is 2.23. The minimum atomic E-state index is -0.499. The third kappa shape index (κ3) is 8.81. The van der Waals surface area contributed by atoms with Gasteiger partial charge in [-0.1, -0.05) is 84.9 Å². The fourth-order valence-electron chi connectivity index (χ4n) is 4.77. The molecule has 0 aliphatic rings. The maximum absolute atomic E-state index is 13.5. The van der Waals surface area contributed by atoms with E-state index in [1.54, 1.807) is 42.5 Å². The lowest BCUT2D eigenvalue weighted by atomic mass is 10.1. The number of nitrogens with one attached hydrogen (secondary N) is 3. The van der Waals surface area contributed by atoms with E-state index in [0.717, 1.165) is 32.8 Å². The fraction of sp³-hybridized carbons (Fsp3) is 0.0789. The Bertz CT molecular complexity index is 1790. The lowest BCUT2D eigenvalue weighted by Crippen LogP contribution is -2.30. The lowest BCUT2D eigenvalue weighted by molar-refractivity contribution is -0.116. The minimum absolute atomic E-state index is 0.112. The molecular weight excluding hydrogens is 579 g/mol. The first kappa shape index (κ1) is 31.0. The molecule has 5 aromatic carbocycles. The smallest absolute Gasteiger partial charge is 0.272 e. The number of carbonyl (C=O) groups excluding carboxylic acids is 3. The van der Waals surface area contributed by atoms with Crippen molar-refractivity contribution < 1.29 is 14.4 Å². The molecule has 3 amide bonds. The summed E-state index contributed by atoms with van der Waals surface area (Å²) in [6.45, 7) is 4.01. The Kier molecular flexibility index (Phi) is 10.2. The van der Waals surface area contributed by atoms with E-state index < -0.39 is 11.2 Å². The van der Waals surface area contributed by atoms with Crippen LogP contribution in [-0.4, -0.2) is 17.7 Å². The first-order valence-corrected chi connectivity index (χ1v) is 15.4. The van der Waals surface area contributed by atoms with Gasteiger partial charge in [0.1, 0.15) is 10.9 Å². The van der Waals surface area contributed by atoms with Gasteiger partial charge in [-0.3, -0.25) is 14.4 Å². The van der Waals surface area contributed by atoms with E-state index in [2.05, 4.69) is 22.0 Å². The molecule has 5 aromatic rings. The number of carbonyl (C=O) groups is 3. The van der Waals surface area contributed by atoms with Crippen LogP contribution in [0.3, 0.4) is 0 Å². The Labute approximate surface area is 267 Å².